The second-order valence-electron chi connectivity index (χ2n) is 6.62. The number of hydrogen-bond donors (Lipinski definition) is 0. The van der Waals surface area contributed by atoms with Crippen LogP contribution in [0.2, 0.25) is 0 Å². The summed E-state index contributed by atoms with van der Waals surface area (Å²) in [5, 5.41) is 8.67. The molecule has 6 heteroatoms. The molecule has 0 aliphatic carbocycles. The van der Waals surface area contributed by atoms with Gasteiger partial charge in [0, 0.05) is 40.4 Å². The van der Waals surface area contributed by atoms with Crippen molar-refractivity contribution >= 4 is 68.0 Å². The van der Waals surface area contributed by atoms with Gasteiger partial charge >= 0.3 is 0 Å². The molecule has 0 atom stereocenters. The van der Waals surface area contributed by atoms with Crippen molar-refractivity contribution in [2.75, 3.05) is 0 Å². The monoisotopic (exact) mass is 494 g/mol. The normalized spacial score (nSPS) is 11.3. The lowest BCUT2D eigenvalue weighted by atomic mass is 10.1. The van der Waals surface area contributed by atoms with Crippen LogP contribution in [0.25, 0.3) is 50.1 Å². The van der Waals surface area contributed by atoms with Gasteiger partial charge in [-0.05, 0) is 57.9 Å². The molecule has 0 amide bonds. The molecule has 0 N–H and O–H groups in total. The molecular formula is C24H14S6. The van der Waals surface area contributed by atoms with Gasteiger partial charge in [-0.25, -0.2) is 0 Å². The van der Waals surface area contributed by atoms with Gasteiger partial charge in [-0.1, -0.05) is 24.3 Å². The van der Waals surface area contributed by atoms with Crippen LogP contribution in [-0.4, -0.2) is 0 Å². The molecule has 0 aliphatic heterocycles. The zero-order valence-corrected chi connectivity index (χ0v) is 20.4. The van der Waals surface area contributed by atoms with Gasteiger partial charge < -0.3 is 0 Å². The molecule has 6 heterocycles. The Balaban J connectivity index is 1.60. The van der Waals surface area contributed by atoms with E-state index in [1.54, 1.807) is 0 Å². The molecule has 6 aromatic rings. The van der Waals surface area contributed by atoms with E-state index < -0.39 is 0 Å². The molecule has 0 saturated carbocycles. The van der Waals surface area contributed by atoms with Gasteiger partial charge in [-0.2, -0.15) is 0 Å². The number of thiophene rings is 6. The van der Waals surface area contributed by atoms with Crippen LogP contribution in [0.1, 0.15) is 0 Å². The highest BCUT2D eigenvalue weighted by Gasteiger charge is 2.22. The lowest BCUT2D eigenvalue weighted by Crippen LogP contribution is -1.75. The fourth-order valence-electron chi connectivity index (χ4n) is 3.43. The van der Waals surface area contributed by atoms with Crippen molar-refractivity contribution in [2.45, 2.75) is 0 Å². The van der Waals surface area contributed by atoms with E-state index >= 15 is 0 Å². The molecule has 30 heavy (non-hydrogen) atoms. The van der Waals surface area contributed by atoms with Crippen LogP contribution >= 0.6 is 68.0 Å². The third-order valence-corrected chi connectivity index (χ3v) is 11.1. The molecule has 6 aromatic heterocycles. The zero-order valence-electron chi connectivity index (χ0n) is 15.5. The number of hydrogen-bond acceptors (Lipinski definition) is 6. The van der Waals surface area contributed by atoms with Gasteiger partial charge in [0.1, 0.15) is 0 Å². The first-order chi connectivity index (χ1) is 14.9. The first kappa shape index (κ1) is 18.9. The van der Waals surface area contributed by atoms with Crippen LogP contribution in [0.4, 0.5) is 0 Å². The Hall–Kier alpha value is -1.80. The Morgan fingerprint density at radius 3 is 1.10 bits per heavy atom. The van der Waals surface area contributed by atoms with E-state index in [0.29, 0.717) is 0 Å². The smallest absolute Gasteiger partial charge is 0.0542 e. The van der Waals surface area contributed by atoms with E-state index in [2.05, 4.69) is 82.2 Å². The minimum atomic E-state index is 1.34. The second kappa shape index (κ2) is 8.04. The van der Waals surface area contributed by atoms with E-state index in [-0.39, 0.29) is 0 Å². The average molecular weight is 495 g/mol. The van der Waals surface area contributed by atoms with Crippen molar-refractivity contribution in [3.8, 4) is 50.1 Å². The quantitative estimate of drug-likeness (QED) is 0.223. The lowest BCUT2D eigenvalue weighted by molar-refractivity contribution is 1.83. The van der Waals surface area contributed by atoms with E-state index in [1.807, 2.05) is 68.0 Å². The first-order valence-corrected chi connectivity index (χ1v) is 14.5. The van der Waals surface area contributed by atoms with Gasteiger partial charge in [0.05, 0.1) is 9.75 Å². The summed E-state index contributed by atoms with van der Waals surface area (Å²) in [6, 6.07) is 22.3. The molecule has 6 rings (SSSR count). The maximum atomic E-state index is 2.39. The van der Waals surface area contributed by atoms with Crippen LogP contribution in [0.15, 0.2) is 82.2 Å². The van der Waals surface area contributed by atoms with Gasteiger partial charge in [-0.15, -0.1) is 68.0 Å². The summed E-state index contributed by atoms with van der Waals surface area (Å²) >= 11 is 11.1. The molecule has 0 bridgehead atoms. The summed E-state index contributed by atoms with van der Waals surface area (Å²) in [6.45, 7) is 0. The van der Waals surface area contributed by atoms with E-state index in [9.17, 15) is 0 Å². The minimum Gasteiger partial charge on any atom is -0.144 e. The largest absolute Gasteiger partial charge is 0.144 e. The van der Waals surface area contributed by atoms with Crippen molar-refractivity contribution in [1.29, 1.82) is 0 Å². The van der Waals surface area contributed by atoms with Gasteiger partial charge in [0.25, 0.3) is 0 Å². The third-order valence-electron chi connectivity index (χ3n) is 4.77. The highest BCUT2D eigenvalue weighted by molar-refractivity contribution is 7.29. The van der Waals surface area contributed by atoms with Crippen LogP contribution < -0.4 is 0 Å². The van der Waals surface area contributed by atoms with Crippen molar-refractivity contribution in [3.63, 3.8) is 0 Å². The number of rotatable bonds is 5. The average Bonchev–Trinajstić information content (AvgIpc) is 3.62. The van der Waals surface area contributed by atoms with Gasteiger partial charge in [-0.3, -0.25) is 0 Å². The summed E-state index contributed by atoms with van der Waals surface area (Å²) in [5.74, 6) is 0. The van der Waals surface area contributed by atoms with E-state index in [4.69, 9.17) is 0 Å². The Labute approximate surface area is 199 Å². The van der Waals surface area contributed by atoms with Gasteiger partial charge in [0.15, 0.2) is 0 Å². The van der Waals surface area contributed by atoms with E-state index in [0.717, 1.165) is 0 Å². The lowest BCUT2D eigenvalue weighted by Gasteiger charge is -2.03. The Morgan fingerprint density at radius 1 is 0.400 bits per heavy atom. The summed E-state index contributed by atoms with van der Waals surface area (Å²) in [7, 11) is 0. The minimum absolute atomic E-state index is 1.34. The summed E-state index contributed by atoms with van der Waals surface area (Å²) in [4.78, 5) is 10.8. The zero-order chi connectivity index (χ0) is 19.9. The molecule has 0 spiro atoms. The Kier molecular flexibility index (Phi) is 5.07. The highest BCUT2D eigenvalue weighted by atomic mass is 32.1. The molecule has 0 unspecified atom stereocenters. The van der Waals surface area contributed by atoms with Crippen LogP contribution in [-0.2, 0) is 0 Å². The molecular weight excluding hydrogens is 481 g/mol. The predicted molar refractivity (Wildman–Crippen MR) is 141 cm³/mol. The summed E-state index contributed by atoms with van der Waals surface area (Å²) in [6.07, 6.45) is 0. The summed E-state index contributed by atoms with van der Waals surface area (Å²) in [5.41, 5.74) is 2.71. The fourth-order valence-corrected chi connectivity index (χ4v) is 9.21. The van der Waals surface area contributed by atoms with Crippen molar-refractivity contribution in [2.24, 2.45) is 0 Å². The molecule has 0 nitrogen and oxygen atoms in total. The Bertz CT molecular complexity index is 1250. The molecule has 0 radical (unpaired) electrons. The van der Waals surface area contributed by atoms with E-state index in [1.165, 1.54) is 50.1 Å². The fraction of sp³-hybridized carbons (Fsp3) is 0. The molecule has 146 valence electrons. The highest BCUT2D eigenvalue weighted by Crippen LogP contribution is 2.52. The molecule has 0 aliphatic rings. The second-order valence-corrected chi connectivity index (χ2v) is 12.5. The standard InChI is InChI=1S/C24H14S6/c1-5-17(25-9-1)15-13-21(19-7-3-11-27-19)29-23(15)24-16(18-6-2-10-26-18)14-22(30-24)20-8-4-12-28-20/h1-14H. The molecule has 0 aromatic carbocycles. The van der Waals surface area contributed by atoms with Crippen molar-refractivity contribution < 1.29 is 0 Å². The first-order valence-electron chi connectivity index (χ1n) is 9.30. The topological polar surface area (TPSA) is 0 Å². The Morgan fingerprint density at radius 2 is 0.767 bits per heavy atom. The maximum Gasteiger partial charge on any atom is 0.0542 e. The van der Waals surface area contributed by atoms with Gasteiger partial charge in [0.2, 0.25) is 0 Å². The van der Waals surface area contributed by atoms with Crippen LogP contribution in [0.3, 0.4) is 0 Å². The third kappa shape index (κ3) is 3.38. The van der Waals surface area contributed by atoms with Crippen molar-refractivity contribution in [3.05, 3.63) is 82.2 Å². The molecule has 0 saturated heterocycles. The predicted octanol–water partition coefficient (Wildman–Crippen LogP) is 10.4. The SMILES string of the molecule is c1csc(-c2cc(-c3cccs3)c(-c3sc(-c4cccs4)cc3-c3cccs3)s2)c1. The maximum absolute atomic E-state index is 2.39. The van der Waals surface area contributed by atoms with Crippen LogP contribution in [0.5, 0.6) is 0 Å². The molecule has 0 fully saturated rings. The van der Waals surface area contributed by atoms with Crippen molar-refractivity contribution in [1.82, 2.24) is 0 Å². The summed E-state index contributed by atoms with van der Waals surface area (Å²) < 4.78 is 0. The van der Waals surface area contributed by atoms with Crippen LogP contribution in [0, 0.1) is 0 Å².